The van der Waals surface area contributed by atoms with E-state index < -0.39 is 0 Å². The molecule has 0 fully saturated rings. The van der Waals surface area contributed by atoms with E-state index in [4.69, 9.17) is 5.73 Å². The number of halogens is 2. The average Bonchev–Trinajstić information content (AvgIpc) is 2.63. The van der Waals surface area contributed by atoms with Crippen molar-refractivity contribution in [3.8, 4) is 0 Å². The standard InChI is InChI=1S/C15H22BrFN4/c1-9(2)5-10(8-20(3)4)21-14-7-12(17)11(16)6-13(14)19-15(21)18/h6-7,9-10H,5,8H2,1-4H3,(H2,18,19). The van der Waals surface area contributed by atoms with Gasteiger partial charge < -0.3 is 15.2 Å². The Balaban J connectivity index is 2.55. The Hall–Kier alpha value is -1.14. The topological polar surface area (TPSA) is 47.1 Å². The molecule has 0 aliphatic heterocycles. The van der Waals surface area contributed by atoms with Crippen molar-refractivity contribution in [3.63, 3.8) is 0 Å². The molecule has 0 radical (unpaired) electrons. The van der Waals surface area contributed by atoms with Crippen LogP contribution in [-0.4, -0.2) is 35.1 Å². The van der Waals surface area contributed by atoms with Crippen LogP contribution in [0.4, 0.5) is 10.3 Å². The van der Waals surface area contributed by atoms with Crippen LogP contribution >= 0.6 is 15.9 Å². The number of imidazole rings is 1. The van der Waals surface area contributed by atoms with Crippen LogP contribution in [0.15, 0.2) is 16.6 Å². The first kappa shape index (κ1) is 16.2. The second-order valence-corrected chi connectivity index (χ2v) is 6.99. The molecule has 0 aliphatic rings. The van der Waals surface area contributed by atoms with Crippen molar-refractivity contribution in [1.29, 1.82) is 0 Å². The third-order valence-electron chi connectivity index (χ3n) is 3.44. The van der Waals surface area contributed by atoms with E-state index >= 15 is 0 Å². The van der Waals surface area contributed by atoms with Crippen LogP contribution in [0.25, 0.3) is 11.0 Å². The molecule has 2 aromatic rings. The maximum absolute atomic E-state index is 13.9. The van der Waals surface area contributed by atoms with Gasteiger partial charge in [-0.15, -0.1) is 0 Å². The van der Waals surface area contributed by atoms with E-state index in [-0.39, 0.29) is 11.9 Å². The van der Waals surface area contributed by atoms with Gasteiger partial charge in [-0.05, 0) is 48.4 Å². The summed E-state index contributed by atoms with van der Waals surface area (Å²) in [6, 6.07) is 3.36. The highest BCUT2D eigenvalue weighted by molar-refractivity contribution is 9.10. The van der Waals surface area contributed by atoms with Crippen molar-refractivity contribution in [1.82, 2.24) is 14.5 Å². The highest BCUT2D eigenvalue weighted by atomic mass is 79.9. The summed E-state index contributed by atoms with van der Waals surface area (Å²) in [5.41, 5.74) is 7.57. The minimum absolute atomic E-state index is 0.172. The molecule has 0 aliphatic carbocycles. The molecule has 1 aromatic carbocycles. The van der Waals surface area contributed by atoms with Crippen LogP contribution in [0.3, 0.4) is 0 Å². The smallest absolute Gasteiger partial charge is 0.201 e. The highest BCUT2D eigenvalue weighted by Crippen LogP contribution is 2.30. The Kier molecular flexibility index (Phi) is 4.88. The summed E-state index contributed by atoms with van der Waals surface area (Å²) in [5.74, 6) is 0.666. The molecule has 1 heterocycles. The van der Waals surface area contributed by atoms with Crippen molar-refractivity contribution in [2.75, 3.05) is 26.4 Å². The molecular formula is C15H22BrFN4. The molecule has 1 unspecified atom stereocenters. The third-order valence-corrected chi connectivity index (χ3v) is 4.05. The summed E-state index contributed by atoms with van der Waals surface area (Å²) < 4.78 is 16.3. The molecule has 2 rings (SSSR count). The van der Waals surface area contributed by atoms with Gasteiger partial charge in [-0.1, -0.05) is 13.8 Å². The zero-order valence-electron chi connectivity index (χ0n) is 12.9. The number of rotatable bonds is 5. The van der Waals surface area contributed by atoms with Crippen molar-refractivity contribution in [3.05, 3.63) is 22.4 Å². The molecule has 116 valence electrons. The number of fused-ring (bicyclic) bond motifs is 1. The summed E-state index contributed by atoms with van der Waals surface area (Å²) in [6.07, 6.45) is 0.964. The predicted octanol–water partition coefficient (Wildman–Crippen LogP) is 3.67. The largest absolute Gasteiger partial charge is 0.369 e. The summed E-state index contributed by atoms with van der Waals surface area (Å²) in [7, 11) is 4.06. The number of nitrogen functional groups attached to an aromatic ring is 1. The van der Waals surface area contributed by atoms with Gasteiger partial charge >= 0.3 is 0 Å². The average molecular weight is 357 g/mol. The molecule has 0 amide bonds. The van der Waals surface area contributed by atoms with Gasteiger partial charge in [-0.2, -0.15) is 0 Å². The van der Waals surface area contributed by atoms with Crippen molar-refractivity contribution in [2.24, 2.45) is 5.92 Å². The maximum atomic E-state index is 13.9. The zero-order chi connectivity index (χ0) is 15.7. The number of hydrogen-bond acceptors (Lipinski definition) is 3. The predicted molar refractivity (Wildman–Crippen MR) is 88.8 cm³/mol. The Bertz CT molecular complexity index is 626. The lowest BCUT2D eigenvalue weighted by Gasteiger charge is -2.25. The fourth-order valence-corrected chi connectivity index (χ4v) is 3.05. The van der Waals surface area contributed by atoms with Crippen LogP contribution in [0, 0.1) is 11.7 Å². The van der Waals surface area contributed by atoms with Crippen molar-refractivity contribution in [2.45, 2.75) is 26.3 Å². The minimum atomic E-state index is -0.295. The summed E-state index contributed by atoms with van der Waals surface area (Å²) in [6.45, 7) is 5.19. The number of hydrogen-bond donors (Lipinski definition) is 1. The first-order chi connectivity index (χ1) is 9.79. The first-order valence-electron chi connectivity index (χ1n) is 7.06. The summed E-state index contributed by atoms with van der Waals surface area (Å²) >= 11 is 3.19. The molecule has 0 saturated heterocycles. The molecule has 0 bridgehead atoms. The lowest BCUT2D eigenvalue weighted by molar-refractivity contribution is 0.294. The Morgan fingerprint density at radius 3 is 2.62 bits per heavy atom. The second kappa shape index (κ2) is 6.32. The number of likely N-dealkylation sites (N-methyl/N-ethyl adjacent to an activating group) is 1. The van der Waals surface area contributed by atoms with Crippen LogP contribution < -0.4 is 5.73 Å². The van der Waals surface area contributed by atoms with Crippen LogP contribution in [0.2, 0.25) is 0 Å². The van der Waals surface area contributed by atoms with Gasteiger partial charge in [0, 0.05) is 12.6 Å². The third kappa shape index (κ3) is 3.55. The van der Waals surface area contributed by atoms with Gasteiger partial charge in [0.25, 0.3) is 0 Å². The molecule has 1 atom stereocenters. The van der Waals surface area contributed by atoms with Gasteiger partial charge in [0.15, 0.2) is 0 Å². The van der Waals surface area contributed by atoms with Gasteiger partial charge in [0.1, 0.15) is 5.82 Å². The second-order valence-electron chi connectivity index (χ2n) is 6.14. The monoisotopic (exact) mass is 356 g/mol. The van der Waals surface area contributed by atoms with E-state index in [1.165, 1.54) is 6.07 Å². The minimum Gasteiger partial charge on any atom is -0.369 e. The van der Waals surface area contributed by atoms with Crippen LogP contribution in [-0.2, 0) is 0 Å². The van der Waals surface area contributed by atoms with E-state index in [0.717, 1.165) is 18.5 Å². The van der Waals surface area contributed by atoms with Gasteiger partial charge in [0.2, 0.25) is 5.95 Å². The first-order valence-corrected chi connectivity index (χ1v) is 7.86. The fraction of sp³-hybridized carbons (Fsp3) is 0.533. The van der Waals surface area contributed by atoms with Crippen molar-refractivity contribution >= 4 is 32.9 Å². The normalized spacial score (nSPS) is 13.5. The molecule has 6 heteroatoms. The lowest BCUT2D eigenvalue weighted by Crippen LogP contribution is -2.26. The number of aromatic nitrogens is 2. The quantitative estimate of drug-likeness (QED) is 0.888. The fourth-order valence-electron chi connectivity index (χ4n) is 2.72. The number of nitrogens with zero attached hydrogens (tertiary/aromatic N) is 3. The maximum Gasteiger partial charge on any atom is 0.201 e. The van der Waals surface area contributed by atoms with E-state index in [1.54, 1.807) is 6.07 Å². The van der Waals surface area contributed by atoms with E-state index in [0.29, 0.717) is 21.9 Å². The molecule has 4 nitrogen and oxygen atoms in total. The van der Waals surface area contributed by atoms with E-state index in [9.17, 15) is 4.39 Å². The molecule has 21 heavy (non-hydrogen) atoms. The number of nitrogens with two attached hydrogens (primary N) is 1. The van der Waals surface area contributed by atoms with E-state index in [2.05, 4.69) is 39.7 Å². The van der Waals surface area contributed by atoms with Gasteiger partial charge in [-0.25, -0.2) is 9.37 Å². The van der Waals surface area contributed by atoms with Crippen LogP contribution in [0.1, 0.15) is 26.3 Å². The molecule has 0 saturated carbocycles. The molecule has 1 aromatic heterocycles. The van der Waals surface area contributed by atoms with Gasteiger partial charge in [-0.3, -0.25) is 0 Å². The molecule has 2 N–H and O–H groups in total. The molecular weight excluding hydrogens is 335 g/mol. The summed E-state index contributed by atoms with van der Waals surface area (Å²) in [5, 5.41) is 0. The lowest BCUT2D eigenvalue weighted by atomic mass is 10.0. The molecule has 0 spiro atoms. The number of anilines is 1. The van der Waals surface area contributed by atoms with Crippen LogP contribution in [0.5, 0.6) is 0 Å². The van der Waals surface area contributed by atoms with Crippen molar-refractivity contribution < 1.29 is 4.39 Å². The highest BCUT2D eigenvalue weighted by Gasteiger charge is 2.21. The zero-order valence-corrected chi connectivity index (χ0v) is 14.5. The number of benzene rings is 1. The van der Waals surface area contributed by atoms with E-state index in [1.807, 2.05) is 18.7 Å². The Morgan fingerprint density at radius 1 is 1.38 bits per heavy atom. The SMILES string of the molecule is CC(C)CC(CN(C)C)n1c(N)nc2cc(Br)c(F)cc21. The van der Waals surface area contributed by atoms with Gasteiger partial charge in [0.05, 0.1) is 21.5 Å². The Labute approximate surface area is 133 Å². The Morgan fingerprint density at radius 2 is 2.05 bits per heavy atom. The summed E-state index contributed by atoms with van der Waals surface area (Å²) in [4.78, 5) is 6.49.